The van der Waals surface area contributed by atoms with Crippen LogP contribution in [-0.4, -0.2) is 14.5 Å². The maximum atomic E-state index is 11.2. The Kier molecular flexibility index (Phi) is 4.50. The van der Waals surface area contributed by atoms with Crippen molar-refractivity contribution in [2.45, 2.75) is 37.8 Å². The molecule has 0 spiro atoms. The Morgan fingerprint density at radius 2 is 2.06 bits per heavy atom. The van der Waals surface area contributed by atoms with E-state index in [1.54, 1.807) is 6.07 Å². The van der Waals surface area contributed by atoms with Crippen LogP contribution in [0.4, 0.5) is 0 Å². The van der Waals surface area contributed by atoms with Crippen LogP contribution in [0.3, 0.4) is 0 Å². The first-order chi connectivity index (χ1) is 7.88. The Morgan fingerprint density at radius 1 is 1.41 bits per heavy atom. The molecule has 0 fully saturated rings. The fourth-order valence-corrected chi connectivity index (χ4v) is 1.87. The fourth-order valence-electron chi connectivity index (χ4n) is 1.31. The Balaban J connectivity index is 3.10. The van der Waals surface area contributed by atoms with Crippen molar-refractivity contribution in [3.63, 3.8) is 0 Å². The molecule has 0 bridgehead atoms. The summed E-state index contributed by atoms with van der Waals surface area (Å²) in [6, 6.07) is 4.47. The first-order valence-corrected chi connectivity index (χ1v) is 6.95. The van der Waals surface area contributed by atoms with E-state index in [-0.39, 0.29) is 17.5 Å². The van der Waals surface area contributed by atoms with Crippen molar-refractivity contribution in [1.29, 1.82) is 0 Å². The lowest BCUT2D eigenvalue weighted by atomic mass is 10.2. The second-order valence-electron chi connectivity index (χ2n) is 3.86. The fraction of sp³-hybridized carbons (Fsp3) is 0.455. The SMILES string of the molecule is CCC(C)Oc1ccc(S(N)(=O)=O)cc1CN. The molecule has 4 N–H and O–H groups in total. The van der Waals surface area contributed by atoms with Crippen LogP contribution in [0.1, 0.15) is 25.8 Å². The van der Waals surface area contributed by atoms with Crippen molar-refractivity contribution >= 4 is 10.0 Å². The molecule has 0 aromatic heterocycles. The van der Waals surface area contributed by atoms with E-state index in [0.29, 0.717) is 11.3 Å². The van der Waals surface area contributed by atoms with Gasteiger partial charge in [-0.2, -0.15) is 0 Å². The predicted octanol–water partition coefficient (Wildman–Crippen LogP) is 0.970. The van der Waals surface area contributed by atoms with Crippen molar-refractivity contribution in [3.8, 4) is 5.75 Å². The molecule has 17 heavy (non-hydrogen) atoms. The molecule has 96 valence electrons. The third-order valence-corrected chi connectivity index (χ3v) is 3.39. The minimum atomic E-state index is -3.70. The van der Waals surface area contributed by atoms with E-state index in [0.717, 1.165) is 6.42 Å². The molecular formula is C11H18N2O3S. The van der Waals surface area contributed by atoms with Gasteiger partial charge in [-0.05, 0) is 31.5 Å². The van der Waals surface area contributed by atoms with Crippen molar-refractivity contribution in [2.75, 3.05) is 0 Å². The van der Waals surface area contributed by atoms with Crippen LogP contribution in [0.15, 0.2) is 23.1 Å². The molecule has 0 aliphatic carbocycles. The number of rotatable bonds is 5. The first kappa shape index (κ1) is 14.0. The molecule has 5 nitrogen and oxygen atoms in total. The van der Waals surface area contributed by atoms with Gasteiger partial charge in [-0.1, -0.05) is 6.92 Å². The van der Waals surface area contributed by atoms with Gasteiger partial charge in [0.2, 0.25) is 10.0 Å². The smallest absolute Gasteiger partial charge is 0.238 e. The van der Waals surface area contributed by atoms with Gasteiger partial charge >= 0.3 is 0 Å². The number of benzene rings is 1. The largest absolute Gasteiger partial charge is 0.490 e. The third kappa shape index (κ3) is 3.69. The van der Waals surface area contributed by atoms with Gasteiger partial charge in [0.05, 0.1) is 11.0 Å². The normalized spacial score (nSPS) is 13.4. The molecule has 0 heterocycles. The zero-order valence-electron chi connectivity index (χ0n) is 10.0. The molecule has 0 aliphatic heterocycles. The van der Waals surface area contributed by atoms with E-state index in [4.69, 9.17) is 15.6 Å². The molecule has 1 aromatic rings. The average Bonchev–Trinajstić information content (AvgIpc) is 2.27. The number of ether oxygens (including phenoxy) is 1. The van der Waals surface area contributed by atoms with Crippen molar-refractivity contribution in [3.05, 3.63) is 23.8 Å². The van der Waals surface area contributed by atoms with Gasteiger partial charge in [0.1, 0.15) is 5.75 Å². The van der Waals surface area contributed by atoms with E-state index in [9.17, 15) is 8.42 Å². The molecule has 0 saturated carbocycles. The molecular weight excluding hydrogens is 240 g/mol. The Hall–Kier alpha value is -1.11. The number of nitrogens with two attached hydrogens (primary N) is 2. The second-order valence-corrected chi connectivity index (χ2v) is 5.42. The number of sulfonamides is 1. The summed E-state index contributed by atoms with van der Waals surface area (Å²) in [5.74, 6) is 0.606. The van der Waals surface area contributed by atoms with Crippen molar-refractivity contribution < 1.29 is 13.2 Å². The highest BCUT2D eigenvalue weighted by molar-refractivity contribution is 7.89. The Bertz CT molecular complexity index is 485. The number of primary sulfonamides is 1. The lowest BCUT2D eigenvalue weighted by molar-refractivity contribution is 0.215. The van der Waals surface area contributed by atoms with Crippen molar-refractivity contribution in [1.82, 2.24) is 0 Å². The van der Waals surface area contributed by atoms with Crippen molar-refractivity contribution in [2.24, 2.45) is 10.9 Å². The van der Waals surface area contributed by atoms with Crippen LogP contribution < -0.4 is 15.6 Å². The van der Waals surface area contributed by atoms with Crippen LogP contribution in [0.5, 0.6) is 5.75 Å². The van der Waals surface area contributed by atoms with Gasteiger partial charge < -0.3 is 10.5 Å². The van der Waals surface area contributed by atoms with E-state index in [1.165, 1.54) is 12.1 Å². The highest BCUT2D eigenvalue weighted by atomic mass is 32.2. The molecule has 6 heteroatoms. The van der Waals surface area contributed by atoms with E-state index in [2.05, 4.69) is 0 Å². The lowest BCUT2D eigenvalue weighted by Crippen LogP contribution is -2.15. The van der Waals surface area contributed by atoms with E-state index >= 15 is 0 Å². The molecule has 0 saturated heterocycles. The highest BCUT2D eigenvalue weighted by Gasteiger charge is 2.12. The van der Waals surface area contributed by atoms with Crippen LogP contribution in [0, 0.1) is 0 Å². The maximum Gasteiger partial charge on any atom is 0.238 e. The summed E-state index contributed by atoms with van der Waals surface area (Å²) in [6.07, 6.45) is 0.918. The second kappa shape index (κ2) is 5.48. The molecule has 0 amide bonds. The summed E-state index contributed by atoms with van der Waals surface area (Å²) in [5.41, 5.74) is 6.20. The summed E-state index contributed by atoms with van der Waals surface area (Å²) < 4.78 is 28.0. The number of hydrogen-bond acceptors (Lipinski definition) is 4. The van der Waals surface area contributed by atoms with Gasteiger partial charge in [-0.25, -0.2) is 13.6 Å². The van der Waals surface area contributed by atoms with Crippen LogP contribution >= 0.6 is 0 Å². The summed E-state index contributed by atoms with van der Waals surface area (Å²) in [7, 11) is -3.70. The molecule has 0 aliphatic rings. The molecule has 1 aromatic carbocycles. The monoisotopic (exact) mass is 258 g/mol. The quantitative estimate of drug-likeness (QED) is 0.822. The summed E-state index contributed by atoms with van der Waals surface area (Å²) in [6.45, 7) is 4.15. The Labute approximate surface area is 102 Å². The van der Waals surface area contributed by atoms with Crippen LogP contribution in [-0.2, 0) is 16.6 Å². The molecule has 1 unspecified atom stereocenters. The Morgan fingerprint density at radius 3 is 2.53 bits per heavy atom. The zero-order valence-corrected chi connectivity index (χ0v) is 10.8. The topological polar surface area (TPSA) is 95.4 Å². The first-order valence-electron chi connectivity index (χ1n) is 5.41. The zero-order chi connectivity index (χ0) is 13.1. The maximum absolute atomic E-state index is 11.2. The van der Waals surface area contributed by atoms with Gasteiger partial charge in [0.15, 0.2) is 0 Å². The molecule has 1 atom stereocenters. The predicted molar refractivity (Wildman–Crippen MR) is 66.1 cm³/mol. The average molecular weight is 258 g/mol. The highest BCUT2D eigenvalue weighted by Crippen LogP contribution is 2.23. The summed E-state index contributed by atoms with van der Waals surface area (Å²) in [4.78, 5) is 0.0504. The van der Waals surface area contributed by atoms with Crippen LogP contribution in [0.25, 0.3) is 0 Å². The van der Waals surface area contributed by atoms with Gasteiger partial charge in [-0.15, -0.1) is 0 Å². The molecule has 0 radical (unpaired) electrons. The lowest BCUT2D eigenvalue weighted by Gasteiger charge is -2.16. The van der Waals surface area contributed by atoms with E-state index in [1.807, 2.05) is 13.8 Å². The van der Waals surface area contributed by atoms with Gasteiger partial charge in [0, 0.05) is 12.1 Å². The minimum absolute atomic E-state index is 0.0504. The molecule has 1 rings (SSSR count). The third-order valence-electron chi connectivity index (χ3n) is 2.48. The minimum Gasteiger partial charge on any atom is -0.490 e. The van der Waals surface area contributed by atoms with Crippen LogP contribution in [0.2, 0.25) is 0 Å². The standard InChI is InChI=1S/C11H18N2O3S/c1-3-8(2)16-11-5-4-10(17(13,14)15)6-9(11)7-12/h4-6,8H,3,7,12H2,1-2H3,(H2,13,14,15). The van der Waals surface area contributed by atoms with Gasteiger partial charge in [-0.3, -0.25) is 0 Å². The van der Waals surface area contributed by atoms with Gasteiger partial charge in [0.25, 0.3) is 0 Å². The number of hydrogen-bond donors (Lipinski definition) is 2. The van der Waals surface area contributed by atoms with E-state index < -0.39 is 10.0 Å². The summed E-state index contributed by atoms with van der Waals surface area (Å²) >= 11 is 0. The summed E-state index contributed by atoms with van der Waals surface area (Å²) in [5, 5.41) is 5.05.